The van der Waals surface area contributed by atoms with E-state index in [0.717, 1.165) is 32.1 Å². The van der Waals surface area contributed by atoms with Crippen LogP contribution in [0.5, 0.6) is 0 Å². The summed E-state index contributed by atoms with van der Waals surface area (Å²) in [6.45, 7) is 5.60. The minimum Gasteiger partial charge on any atom is -0.377 e. The molecule has 21 heavy (non-hydrogen) atoms. The molecule has 1 aromatic carbocycles. The Morgan fingerprint density at radius 2 is 2.19 bits per heavy atom. The van der Waals surface area contributed by atoms with E-state index in [9.17, 15) is 0 Å². The van der Waals surface area contributed by atoms with E-state index in [1.165, 1.54) is 24.0 Å². The van der Waals surface area contributed by atoms with Crippen molar-refractivity contribution in [2.24, 2.45) is 0 Å². The van der Waals surface area contributed by atoms with Gasteiger partial charge < -0.3 is 14.6 Å². The molecule has 0 saturated carbocycles. The standard InChI is InChI=1S/C17H23N3O/c1-14-4-6-15(7-5-14)13-20-9-8-19-17(20)12-18-11-16-3-2-10-21-16/h4-9,16,18H,2-3,10-13H2,1H3. The van der Waals surface area contributed by atoms with Gasteiger partial charge in [0.25, 0.3) is 0 Å². The molecule has 0 spiro atoms. The van der Waals surface area contributed by atoms with Gasteiger partial charge in [0.15, 0.2) is 0 Å². The molecule has 2 heterocycles. The number of nitrogens with one attached hydrogen (secondary N) is 1. The van der Waals surface area contributed by atoms with Crippen LogP contribution in [-0.4, -0.2) is 28.8 Å². The topological polar surface area (TPSA) is 39.1 Å². The molecule has 3 rings (SSSR count). The zero-order chi connectivity index (χ0) is 14.5. The molecule has 1 N–H and O–H groups in total. The van der Waals surface area contributed by atoms with Crippen molar-refractivity contribution < 1.29 is 4.74 Å². The van der Waals surface area contributed by atoms with Gasteiger partial charge in [0.2, 0.25) is 0 Å². The van der Waals surface area contributed by atoms with Gasteiger partial charge in [-0.1, -0.05) is 29.8 Å². The van der Waals surface area contributed by atoms with E-state index in [0.29, 0.717) is 6.10 Å². The second-order valence-corrected chi connectivity index (χ2v) is 5.72. The molecule has 0 radical (unpaired) electrons. The summed E-state index contributed by atoms with van der Waals surface area (Å²) in [7, 11) is 0. The summed E-state index contributed by atoms with van der Waals surface area (Å²) < 4.78 is 7.82. The number of aromatic nitrogens is 2. The number of benzene rings is 1. The van der Waals surface area contributed by atoms with Crippen LogP contribution >= 0.6 is 0 Å². The second-order valence-electron chi connectivity index (χ2n) is 5.72. The van der Waals surface area contributed by atoms with Crippen molar-refractivity contribution in [3.8, 4) is 0 Å². The fourth-order valence-electron chi connectivity index (χ4n) is 2.69. The molecular formula is C17H23N3O. The van der Waals surface area contributed by atoms with Crippen LogP contribution in [0.2, 0.25) is 0 Å². The summed E-state index contributed by atoms with van der Waals surface area (Å²) in [5.74, 6) is 1.08. The highest BCUT2D eigenvalue weighted by molar-refractivity contribution is 5.21. The Hall–Kier alpha value is -1.65. The van der Waals surface area contributed by atoms with Crippen molar-refractivity contribution in [2.45, 2.75) is 39.0 Å². The third-order valence-corrected chi connectivity index (χ3v) is 3.95. The molecule has 112 valence electrons. The lowest BCUT2D eigenvalue weighted by Gasteiger charge is -2.12. The fraction of sp³-hybridized carbons (Fsp3) is 0.471. The van der Waals surface area contributed by atoms with E-state index in [1.807, 2.05) is 12.4 Å². The quantitative estimate of drug-likeness (QED) is 0.886. The second kappa shape index (κ2) is 6.87. The molecule has 1 unspecified atom stereocenters. The Kier molecular flexibility index (Phi) is 4.68. The van der Waals surface area contributed by atoms with Crippen LogP contribution in [0, 0.1) is 6.92 Å². The van der Waals surface area contributed by atoms with Gasteiger partial charge in [-0.15, -0.1) is 0 Å². The Labute approximate surface area is 126 Å². The number of rotatable bonds is 6. The van der Waals surface area contributed by atoms with E-state index in [1.54, 1.807) is 0 Å². The monoisotopic (exact) mass is 285 g/mol. The van der Waals surface area contributed by atoms with Crippen LogP contribution in [0.3, 0.4) is 0 Å². The van der Waals surface area contributed by atoms with Gasteiger partial charge in [-0.05, 0) is 25.3 Å². The van der Waals surface area contributed by atoms with Crippen LogP contribution in [0.15, 0.2) is 36.7 Å². The largest absolute Gasteiger partial charge is 0.377 e. The SMILES string of the molecule is Cc1ccc(Cn2ccnc2CNCC2CCCO2)cc1. The first-order valence-corrected chi connectivity index (χ1v) is 7.69. The molecular weight excluding hydrogens is 262 g/mol. The van der Waals surface area contributed by atoms with Crippen LogP contribution < -0.4 is 5.32 Å². The van der Waals surface area contributed by atoms with E-state index in [2.05, 4.69) is 46.1 Å². The molecule has 0 bridgehead atoms. The lowest BCUT2D eigenvalue weighted by molar-refractivity contribution is 0.109. The highest BCUT2D eigenvalue weighted by Crippen LogP contribution is 2.11. The normalized spacial score (nSPS) is 18.2. The minimum atomic E-state index is 0.380. The van der Waals surface area contributed by atoms with Crippen molar-refractivity contribution in [2.75, 3.05) is 13.2 Å². The van der Waals surface area contributed by atoms with Gasteiger partial charge in [-0.2, -0.15) is 0 Å². The summed E-state index contributed by atoms with van der Waals surface area (Å²) in [6, 6.07) is 8.67. The number of ether oxygens (including phenoxy) is 1. The maximum atomic E-state index is 5.62. The Morgan fingerprint density at radius 3 is 2.95 bits per heavy atom. The number of hydrogen-bond donors (Lipinski definition) is 1. The van der Waals surface area contributed by atoms with E-state index >= 15 is 0 Å². The highest BCUT2D eigenvalue weighted by atomic mass is 16.5. The van der Waals surface area contributed by atoms with Gasteiger partial charge in [0.05, 0.1) is 12.6 Å². The number of aryl methyl sites for hydroxylation is 1. The van der Waals surface area contributed by atoms with Crippen LogP contribution in [0.25, 0.3) is 0 Å². The van der Waals surface area contributed by atoms with E-state index in [4.69, 9.17) is 4.74 Å². The van der Waals surface area contributed by atoms with Crippen molar-refractivity contribution in [3.05, 3.63) is 53.6 Å². The van der Waals surface area contributed by atoms with E-state index in [-0.39, 0.29) is 0 Å². The molecule has 0 amide bonds. The van der Waals surface area contributed by atoms with Gasteiger partial charge >= 0.3 is 0 Å². The van der Waals surface area contributed by atoms with Crippen LogP contribution in [0.4, 0.5) is 0 Å². The molecule has 4 nitrogen and oxygen atoms in total. The number of nitrogens with zero attached hydrogens (tertiary/aromatic N) is 2. The number of hydrogen-bond acceptors (Lipinski definition) is 3. The predicted octanol–water partition coefficient (Wildman–Crippen LogP) is 2.51. The zero-order valence-corrected chi connectivity index (χ0v) is 12.6. The fourth-order valence-corrected chi connectivity index (χ4v) is 2.69. The predicted molar refractivity (Wildman–Crippen MR) is 83.2 cm³/mol. The highest BCUT2D eigenvalue weighted by Gasteiger charge is 2.14. The first kappa shape index (κ1) is 14.3. The van der Waals surface area contributed by atoms with E-state index < -0.39 is 0 Å². The first-order chi connectivity index (χ1) is 10.3. The minimum absolute atomic E-state index is 0.380. The lowest BCUT2D eigenvalue weighted by Crippen LogP contribution is -2.27. The summed E-state index contributed by atoms with van der Waals surface area (Å²) in [5.41, 5.74) is 2.60. The summed E-state index contributed by atoms with van der Waals surface area (Å²) in [5, 5.41) is 3.46. The third kappa shape index (κ3) is 3.93. The smallest absolute Gasteiger partial charge is 0.122 e. The van der Waals surface area contributed by atoms with Gasteiger partial charge in [0, 0.05) is 32.1 Å². The molecule has 1 fully saturated rings. The molecule has 1 saturated heterocycles. The third-order valence-electron chi connectivity index (χ3n) is 3.95. The van der Waals surface area contributed by atoms with Crippen molar-refractivity contribution in [1.29, 1.82) is 0 Å². The summed E-state index contributed by atoms with van der Waals surface area (Å²) >= 11 is 0. The van der Waals surface area contributed by atoms with Gasteiger partial charge in [-0.3, -0.25) is 0 Å². The summed E-state index contributed by atoms with van der Waals surface area (Å²) in [4.78, 5) is 4.45. The Morgan fingerprint density at radius 1 is 1.33 bits per heavy atom. The molecule has 2 aromatic rings. The molecule has 1 aliphatic rings. The molecule has 1 atom stereocenters. The van der Waals surface area contributed by atoms with Crippen LogP contribution in [-0.2, 0) is 17.8 Å². The van der Waals surface area contributed by atoms with Gasteiger partial charge in [0.1, 0.15) is 5.82 Å². The molecule has 1 aliphatic heterocycles. The van der Waals surface area contributed by atoms with Crippen LogP contribution in [0.1, 0.15) is 29.8 Å². The zero-order valence-electron chi connectivity index (χ0n) is 12.6. The Bertz CT molecular complexity index is 556. The van der Waals surface area contributed by atoms with Crippen molar-refractivity contribution in [1.82, 2.24) is 14.9 Å². The lowest BCUT2D eigenvalue weighted by atomic mass is 10.1. The summed E-state index contributed by atoms with van der Waals surface area (Å²) in [6.07, 6.45) is 6.66. The number of imidazole rings is 1. The maximum Gasteiger partial charge on any atom is 0.122 e. The molecule has 4 heteroatoms. The average Bonchev–Trinajstić information content (AvgIpc) is 3.14. The average molecular weight is 285 g/mol. The maximum absolute atomic E-state index is 5.62. The molecule has 1 aromatic heterocycles. The Balaban J connectivity index is 1.54. The molecule has 0 aliphatic carbocycles. The van der Waals surface area contributed by atoms with Gasteiger partial charge in [-0.25, -0.2) is 4.98 Å². The first-order valence-electron chi connectivity index (χ1n) is 7.69. The van der Waals surface area contributed by atoms with Crippen molar-refractivity contribution in [3.63, 3.8) is 0 Å². The van der Waals surface area contributed by atoms with Crippen molar-refractivity contribution >= 4 is 0 Å².